The van der Waals surface area contributed by atoms with Crippen molar-refractivity contribution in [1.29, 1.82) is 0 Å². The number of carbonyl (C=O) groups is 1. The van der Waals surface area contributed by atoms with E-state index in [-0.39, 0.29) is 24.9 Å². The monoisotopic (exact) mass is 395 g/mol. The Labute approximate surface area is 167 Å². The molecule has 0 saturated carbocycles. The molecule has 3 aromatic rings. The predicted molar refractivity (Wildman–Crippen MR) is 108 cm³/mol. The highest BCUT2D eigenvalue weighted by molar-refractivity contribution is 5.97. The van der Waals surface area contributed by atoms with E-state index in [1.54, 1.807) is 30.7 Å². The minimum Gasteiger partial charge on any atom is -0.482 e. The smallest absolute Gasteiger partial charge is 0.262 e. The maximum Gasteiger partial charge on any atom is 0.262 e. The molecule has 2 N–H and O–H groups in total. The Kier molecular flexibility index (Phi) is 4.62. The fraction of sp³-hybridized carbons (Fsp3) is 0.273. The normalized spacial score (nSPS) is 13.6. The van der Waals surface area contributed by atoms with Gasteiger partial charge < -0.3 is 15.2 Å². The number of anilines is 1. The van der Waals surface area contributed by atoms with E-state index in [1.807, 2.05) is 25.1 Å². The molecule has 6 nitrogen and oxygen atoms in total. The standard InChI is InChI=1S/C22H22FN3O3/c1-13-20(15-6-9-18-17(10-15)24-19(27)11-29-18)21(14-4-7-16(23)8-5-14)26(25-13)12-22(2,3)28/h4-10,28H,11-12H2,1-3H3,(H,24,27). The predicted octanol–water partition coefficient (Wildman–Crippen LogP) is 3.77. The van der Waals surface area contributed by atoms with Crippen LogP contribution in [0.2, 0.25) is 0 Å². The summed E-state index contributed by atoms with van der Waals surface area (Å²) in [7, 11) is 0. The molecule has 0 spiro atoms. The molecular weight excluding hydrogens is 373 g/mol. The van der Waals surface area contributed by atoms with Gasteiger partial charge in [0.15, 0.2) is 6.61 Å². The highest BCUT2D eigenvalue weighted by Crippen LogP contribution is 2.39. The molecular formula is C22H22FN3O3. The summed E-state index contributed by atoms with van der Waals surface area (Å²) in [5, 5.41) is 17.8. The van der Waals surface area contributed by atoms with Gasteiger partial charge in [-0.2, -0.15) is 5.10 Å². The first-order valence-electron chi connectivity index (χ1n) is 9.34. The van der Waals surface area contributed by atoms with Gasteiger partial charge >= 0.3 is 0 Å². The van der Waals surface area contributed by atoms with E-state index in [0.717, 1.165) is 28.1 Å². The second-order valence-corrected chi connectivity index (χ2v) is 7.83. The van der Waals surface area contributed by atoms with Crippen LogP contribution < -0.4 is 10.1 Å². The van der Waals surface area contributed by atoms with Crippen LogP contribution in [0.4, 0.5) is 10.1 Å². The van der Waals surface area contributed by atoms with Crippen LogP contribution in [0.25, 0.3) is 22.4 Å². The van der Waals surface area contributed by atoms with Gasteiger partial charge in [0.25, 0.3) is 5.91 Å². The molecule has 150 valence electrons. The number of carbonyl (C=O) groups excluding carboxylic acids is 1. The maximum atomic E-state index is 13.5. The number of halogens is 1. The van der Waals surface area contributed by atoms with Gasteiger partial charge in [0.05, 0.1) is 29.2 Å². The zero-order chi connectivity index (χ0) is 20.8. The summed E-state index contributed by atoms with van der Waals surface area (Å²) in [6.45, 7) is 5.58. The van der Waals surface area contributed by atoms with Crippen molar-refractivity contribution in [3.63, 3.8) is 0 Å². The SMILES string of the molecule is Cc1nn(CC(C)(C)O)c(-c2ccc(F)cc2)c1-c1ccc2c(c1)NC(=O)CO2. The van der Waals surface area contributed by atoms with Crippen LogP contribution in [-0.4, -0.2) is 33.0 Å². The average molecular weight is 395 g/mol. The van der Waals surface area contributed by atoms with E-state index in [9.17, 15) is 14.3 Å². The number of hydrogen-bond acceptors (Lipinski definition) is 4. The number of aliphatic hydroxyl groups is 1. The lowest BCUT2D eigenvalue weighted by atomic mass is 9.97. The summed E-state index contributed by atoms with van der Waals surface area (Å²) in [6, 6.07) is 11.7. The number of aryl methyl sites for hydroxylation is 1. The average Bonchev–Trinajstić information content (AvgIpc) is 2.95. The number of aromatic nitrogens is 2. The van der Waals surface area contributed by atoms with Crippen molar-refractivity contribution < 1.29 is 19.0 Å². The number of amides is 1. The van der Waals surface area contributed by atoms with Crippen LogP contribution in [-0.2, 0) is 11.3 Å². The molecule has 2 heterocycles. The number of hydrogen-bond donors (Lipinski definition) is 2. The quantitative estimate of drug-likeness (QED) is 0.705. The van der Waals surface area contributed by atoms with Gasteiger partial charge in [0.2, 0.25) is 0 Å². The molecule has 0 bridgehead atoms. The van der Waals surface area contributed by atoms with Crippen LogP contribution in [0, 0.1) is 12.7 Å². The van der Waals surface area contributed by atoms with Crippen molar-refractivity contribution >= 4 is 11.6 Å². The Morgan fingerprint density at radius 1 is 1.21 bits per heavy atom. The second kappa shape index (κ2) is 7.00. The van der Waals surface area contributed by atoms with Crippen molar-refractivity contribution in [3.8, 4) is 28.1 Å². The molecule has 29 heavy (non-hydrogen) atoms. The lowest BCUT2D eigenvalue weighted by Crippen LogP contribution is -2.27. The van der Waals surface area contributed by atoms with E-state index in [0.29, 0.717) is 11.4 Å². The Morgan fingerprint density at radius 3 is 2.59 bits per heavy atom. The van der Waals surface area contributed by atoms with Gasteiger partial charge in [-0.15, -0.1) is 0 Å². The molecule has 1 aliphatic rings. The van der Waals surface area contributed by atoms with Gasteiger partial charge in [-0.3, -0.25) is 9.48 Å². The molecule has 0 fully saturated rings. The summed E-state index contributed by atoms with van der Waals surface area (Å²) in [6.07, 6.45) is 0. The first-order chi connectivity index (χ1) is 13.7. The van der Waals surface area contributed by atoms with E-state index >= 15 is 0 Å². The fourth-order valence-electron chi connectivity index (χ4n) is 3.55. The molecule has 0 unspecified atom stereocenters. The van der Waals surface area contributed by atoms with Crippen molar-refractivity contribution in [2.75, 3.05) is 11.9 Å². The first kappa shape index (κ1) is 19.1. The molecule has 0 saturated heterocycles. The summed E-state index contributed by atoms with van der Waals surface area (Å²) < 4.78 is 20.7. The molecule has 1 aromatic heterocycles. The van der Waals surface area contributed by atoms with Crippen LogP contribution in [0.15, 0.2) is 42.5 Å². The van der Waals surface area contributed by atoms with Crippen LogP contribution in [0.3, 0.4) is 0 Å². The van der Waals surface area contributed by atoms with Crippen LogP contribution in [0.5, 0.6) is 5.75 Å². The third-order valence-corrected chi connectivity index (χ3v) is 4.68. The lowest BCUT2D eigenvalue weighted by molar-refractivity contribution is -0.118. The van der Waals surface area contributed by atoms with Gasteiger partial charge in [0, 0.05) is 11.1 Å². The third kappa shape index (κ3) is 3.86. The number of nitrogens with one attached hydrogen (secondary N) is 1. The fourth-order valence-corrected chi connectivity index (χ4v) is 3.55. The molecule has 0 aliphatic carbocycles. The first-order valence-corrected chi connectivity index (χ1v) is 9.34. The topological polar surface area (TPSA) is 76.4 Å². The molecule has 2 aromatic carbocycles. The largest absolute Gasteiger partial charge is 0.482 e. The van der Waals surface area contributed by atoms with E-state index in [4.69, 9.17) is 4.74 Å². The van der Waals surface area contributed by atoms with Gasteiger partial charge in [-0.25, -0.2) is 4.39 Å². The highest BCUT2D eigenvalue weighted by Gasteiger charge is 2.24. The molecule has 0 radical (unpaired) electrons. The Hall–Kier alpha value is -3.19. The summed E-state index contributed by atoms with van der Waals surface area (Å²) >= 11 is 0. The molecule has 4 rings (SSSR count). The third-order valence-electron chi connectivity index (χ3n) is 4.68. The Morgan fingerprint density at radius 2 is 1.90 bits per heavy atom. The summed E-state index contributed by atoms with van der Waals surface area (Å²) in [5.74, 6) is 0.0790. The summed E-state index contributed by atoms with van der Waals surface area (Å²) in [4.78, 5) is 11.7. The zero-order valence-electron chi connectivity index (χ0n) is 16.5. The minimum absolute atomic E-state index is 0.00425. The molecule has 1 amide bonds. The number of fused-ring (bicyclic) bond motifs is 1. The minimum atomic E-state index is -0.984. The van der Waals surface area contributed by atoms with Gasteiger partial charge in [-0.1, -0.05) is 6.07 Å². The van der Waals surface area contributed by atoms with Crippen molar-refractivity contribution in [2.45, 2.75) is 32.9 Å². The zero-order valence-corrected chi connectivity index (χ0v) is 16.5. The lowest BCUT2D eigenvalue weighted by Gasteiger charge is -2.20. The Bertz CT molecular complexity index is 1080. The molecule has 0 atom stereocenters. The second-order valence-electron chi connectivity index (χ2n) is 7.83. The number of rotatable bonds is 4. The Balaban J connectivity index is 1.90. The van der Waals surface area contributed by atoms with E-state index in [1.165, 1.54) is 12.1 Å². The van der Waals surface area contributed by atoms with E-state index in [2.05, 4.69) is 10.4 Å². The number of ether oxygens (including phenoxy) is 1. The maximum absolute atomic E-state index is 13.5. The highest BCUT2D eigenvalue weighted by atomic mass is 19.1. The summed E-state index contributed by atoms with van der Waals surface area (Å²) in [5.41, 5.74) is 3.62. The van der Waals surface area contributed by atoms with Crippen molar-refractivity contribution in [2.24, 2.45) is 0 Å². The van der Waals surface area contributed by atoms with E-state index < -0.39 is 5.60 Å². The number of nitrogens with zero attached hydrogens (tertiary/aromatic N) is 2. The molecule has 7 heteroatoms. The number of benzene rings is 2. The van der Waals surface area contributed by atoms with Crippen LogP contribution >= 0.6 is 0 Å². The van der Waals surface area contributed by atoms with Crippen molar-refractivity contribution in [3.05, 3.63) is 54.0 Å². The molecule has 1 aliphatic heterocycles. The van der Waals surface area contributed by atoms with Gasteiger partial charge in [0.1, 0.15) is 11.6 Å². The van der Waals surface area contributed by atoms with Crippen molar-refractivity contribution in [1.82, 2.24) is 9.78 Å². The van der Waals surface area contributed by atoms with Gasteiger partial charge in [-0.05, 0) is 62.7 Å². The van der Waals surface area contributed by atoms with Crippen LogP contribution in [0.1, 0.15) is 19.5 Å².